The number of aryl methyl sites for hydroxylation is 1. The summed E-state index contributed by atoms with van der Waals surface area (Å²) in [6, 6.07) is 5.43. The SMILES string of the molecule is CCc1c(NN)ncnc1Oc1ccc(Cl)cc1C. The van der Waals surface area contributed by atoms with Gasteiger partial charge in [-0.25, -0.2) is 15.8 Å². The maximum absolute atomic E-state index is 5.92. The van der Waals surface area contributed by atoms with Gasteiger partial charge in [0, 0.05) is 5.02 Å². The number of nitrogen functional groups attached to an aromatic ring is 1. The van der Waals surface area contributed by atoms with Crippen LogP contribution in [0.25, 0.3) is 0 Å². The second-order valence-corrected chi connectivity index (χ2v) is 4.45. The predicted octanol–water partition coefficient (Wildman–Crippen LogP) is 3.08. The van der Waals surface area contributed by atoms with Crippen molar-refractivity contribution >= 4 is 17.4 Å². The van der Waals surface area contributed by atoms with Crippen molar-refractivity contribution in [3.63, 3.8) is 0 Å². The number of halogens is 1. The molecule has 0 atom stereocenters. The molecule has 1 aromatic heterocycles. The Morgan fingerprint density at radius 3 is 2.79 bits per heavy atom. The molecule has 0 spiro atoms. The molecule has 0 saturated heterocycles. The number of hydrogen-bond acceptors (Lipinski definition) is 5. The van der Waals surface area contributed by atoms with E-state index in [1.54, 1.807) is 6.07 Å². The minimum atomic E-state index is 0.496. The first-order chi connectivity index (χ1) is 9.15. The average Bonchev–Trinajstić information content (AvgIpc) is 2.41. The molecular formula is C13H15ClN4O. The molecule has 0 aliphatic rings. The van der Waals surface area contributed by atoms with Crippen LogP contribution in [0.2, 0.25) is 5.02 Å². The summed E-state index contributed by atoms with van der Waals surface area (Å²) in [7, 11) is 0. The van der Waals surface area contributed by atoms with Gasteiger partial charge in [-0.1, -0.05) is 18.5 Å². The molecule has 2 rings (SSSR count). The second kappa shape index (κ2) is 5.86. The molecule has 5 nitrogen and oxygen atoms in total. The molecule has 1 heterocycles. The summed E-state index contributed by atoms with van der Waals surface area (Å²) in [5, 5.41) is 0.674. The molecule has 0 amide bonds. The molecule has 3 N–H and O–H groups in total. The van der Waals surface area contributed by atoms with Crippen molar-refractivity contribution < 1.29 is 4.74 Å². The molecule has 19 heavy (non-hydrogen) atoms. The van der Waals surface area contributed by atoms with Crippen LogP contribution < -0.4 is 16.0 Å². The number of nitrogens with zero attached hydrogens (tertiary/aromatic N) is 2. The van der Waals surface area contributed by atoms with Crippen molar-refractivity contribution in [2.75, 3.05) is 5.43 Å². The first kappa shape index (κ1) is 13.6. The Balaban J connectivity index is 2.37. The second-order valence-electron chi connectivity index (χ2n) is 4.02. The van der Waals surface area contributed by atoms with Crippen LogP contribution >= 0.6 is 11.6 Å². The summed E-state index contributed by atoms with van der Waals surface area (Å²) in [5.74, 6) is 7.20. The van der Waals surface area contributed by atoms with E-state index in [1.165, 1.54) is 6.33 Å². The van der Waals surface area contributed by atoms with Crippen LogP contribution in [-0.4, -0.2) is 9.97 Å². The average molecular weight is 279 g/mol. The van der Waals surface area contributed by atoms with Gasteiger partial charge in [0.15, 0.2) is 0 Å². The topological polar surface area (TPSA) is 73.1 Å². The van der Waals surface area contributed by atoms with E-state index in [0.29, 0.717) is 28.9 Å². The fraction of sp³-hybridized carbons (Fsp3) is 0.231. The highest BCUT2D eigenvalue weighted by Crippen LogP contribution is 2.30. The third kappa shape index (κ3) is 2.94. The zero-order valence-electron chi connectivity index (χ0n) is 10.8. The molecule has 1 aromatic carbocycles. The van der Waals surface area contributed by atoms with Gasteiger partial charge in [-0.15, -0.1) is 0 Å². The Morgan fingerprint density at radius 1 is 1.37 bits per heavy atom. The Bertz CT molecular complexity index is 589. The lowest BCUT2D eigenvalue weighted by molar-refractivity contribution is 0.452. The van der Waals surface area contributed by atoms with Gasteiger partial charge in [-0.2, -0.15) is 0 Å². The van der Waals surface area contributed by atoms with Crippen molar-refractivity contribution in [2.24, 2.45) is 5.84 Å². The maximum Gasteiger partial charge on any atom is 0.227 e. The zero-order chi connectivity index (χ0) is 13.8. The molecule has 2 aromatic rings. The van der Waals surface area contributed by atoms with Gasteiger partial charge in [-0.05, 0) is 37.1 Å². The minimum absolute atomic E-state index is 0.496. The van der Waals surface area contributed by atoms with Crippen LogP contribution in [0, 0.1) is 6.92 Å². The number of nitrogens with two attached hydrogens (primary N) is 1. The van der Waals surface area contributed by atoms with E-state index >= 15 is 0 Å². The highest BCUT2D eigenvalue weighted by Gasteiger charge is 2.12. The van der Waals surface area contributed by atoms with Gasteiger partial charge in [0.1, 0.15) is 17.9 Å². The summed E-state index contributed by atoms with van der Waals surface area (Å²) in [6.45, 7) is 3.91. The molecule has 0 fully saturated rings. The summed E-state index contributed by atoms with van der Waals surface area (Å²) in [6.07, 6.45) is 2.12. The number of rotatable bonds is 4. The molecular weight excluding hydrogens is 264 g/mol. The highest BCUT2D eigenvalue weighted by atomic mass is 35.5. The monoisotopic (exact) mass is 278 g/mol. The fourth-order valence-electron chi connectivity index (χ4n) is 1.76. The Morgan fingerprint density at radius 2 is 2.16 bits per heavy atom. The first-order valence-corrected chi connectivity index (χ1v) is 6.28. The zero-order valence-corrected chi connectivity index (χ0v) is 11.5. The van der Waals surface area contributed by atoms with Crippen LogP contribution in [0.3, 0.4) is 0 Å². The first-order valence-electron chi connectivity index (χ1n) is 5.90. The van der Waals surface area contributed by atoms with Gasteiger partial charge in [0.25, 0.3) is 0 Å². The molecule has 0 bridgehead atoms. The minimum Gasteiger partial charge on any atom is -0.438 e. The van der Waals surface area contributed by atoms with E-state index in [2.05, 4.69) is 15.4 Å². The number of hydrogen-bond donors (Lipinski definition) is 2. The predicted molar refractivity (Wildman–Crippen MR) is 75.5 cm³/mol. The number of aromatic nitrogens is 2. The third-order valence-corrected chi connectivity index (χ3v) is 2.97. The summed E-state index contributed by atoms with van der Waals surface area (Å²) < 4.78 is 5.82. The standard InChI is InChI=1S/C13H15ClN4O/c1-3-10-12(18-15)16-7-17-13(10)19-11-5-4-9(14)6-8(11)2/h4-7H,3,15H2,1-2H3,(H,16,17,18). The Kier molecular flexibility index (Phi) is 4.19. The van der Waals surface area contributed by atoms with Crippen LogP contribution in [0.5, 0.6) is 11.6 Å². The highest BCUT2D eigenvalue weighted by molar-refractivity contribution is 6.30. The van der Waals surface area contributed by atoms with Crippen molar-refractivity contribution in [1.29, 1.82) is 0 Å². The largest absolute Gasteiger partial charge is 0.438 e. The number of hydrazine groups is 1. The van der Waals surface area contributed by atoms with Crippen molar-refractivity contribution in [3.8, 4) is 11.6 Å². The van der Waals surface area contributed by atoms with Gasteiger partial charge >= 0.3 is 0 Å². The van der Waals surface area contributed by atoms with Crippen LogP contribution in [-0.2, 0) is 6.42 Å². The van der Waals surface area contributed by atoms with Gasteiger partial charge in [-0.3, -0.25) is 0 Å². The molecule has 0 aliphatic carbocycles. The molecule has 0 aliphatic heterocycles. The summed E-state index contributed by atoms with van der Waals surface area (Å²) in [4.78, 5) is 8.21. The quantitative estimate of drug-likeness (QED) is 0.664. The molecule has 0 radical (unpaired) electrons. The van der Waals surface area contributed by atoms with E-state index in [-0.39, 0.29) is 0 Å². The normalized spacial score (nSPS) is 10.3. The number of anilines is 1. The lowest BCUT2D eigenvalue weighted by Crippen LogP contribution is -2.12. The molecule has 0 saturated carbocycles. The lowest BCUT2D eigenvalue weighted by Gasteiger charge is -2.13. The van der Waals surface area contributed by atoms with E-state index in [9.17, 15) is 0 Å². The van der Waals surface area contributed by atoms with Crippen molar-refractivity contribution in [1.82, 2.24) is 9.97 Å². The molecule has 100 valence electrons. The van der Waals surface area contributed by atoms with Crippen LogP contribution in [0.1, 0.15) is 18.1 Å². The van der Waals surface area contributed by atoms with Crippen LogP contribution in [0.15, 0.2) is 24.5 Å². The summed E-state index contributed by atoms with van der Waals surface area (Å²) >= 11 is 5.92. The number of benzene rings is 1. The van der Waals surface area contributed by atoms with Gasteiger partial charge in [0.05, 0.1) is 5.56 Å². The van der Waals surface area contributed by atoms with Gasteiger partial charge < -0.3 is 10.2 Å². The van der Waals surface area contributed by atoms with E-state index in [4.69, 9.17) is 22.2 Å². The lowest BCUT2D eigenvalue weighted by atomic mass is 10.2. The Hall–Kier alpha value is -1.85. The van der Waals surface area contributed by atoms with E-state index in [1.807, 2.05) is 26.0 Å². The van der Waals surface area contributed by atoms with Crippen LogP contribution in [0.4, 0.5) is 5.82 Å². The van der Waals surface area contributed by atoms with Gasteiger partial charge in [0.2, 0.25) is 5.88 Å². The summed E-state index contributed by atoms with van der Waals surface area (Å²) in [5.41, 5.74) is 4.32. The smallest absolute Gasteiger partial charge is 0.227 e. The van der Waals surface area contributed by atoms with E-state index in [0.717, 1.165) is 11.1 Å². The number of ether oxygens (including phenoxy) is 1. The maximum atomic E-state index is 5.92. The van der Waals surface area contributed by atoms with E-state index < -0.39 is 0 Å². The Labute approximate surface area is 116 Å². The molecule has 6 heteroatoms. The fourth-order valence-corrected chi connectivity index (χ4v) is 1.99. The third-order valence-electron chi connectivity index (χ3n) is 2.74. The van der Waals surface area contributed by atoms with Crippen molar-refractivity contribution in [2.45, 2.75) is 20.3 Å². The van der Waals surface area contributed by atoms with Crippen molar-refractivity contribution in [3.05, 3.63) is 40.7 Å². The number of nitrogens with one attached hydrogen (secondary N) is 1. The molecule has 0 unspecified atom stereocenters.